The zero-order chi connectivity index (χ0) is 41.0. The molecule has 2 aliphatic rings. The maximum atomic E-state index is 14.6. The molecule has 3 N–H and O–H groups in total. The molecule has 302 valence electrons. The van der Waals surface area contributed by atoms with Crippen molar-refractivity contribution in [3.63, 3.8) is 0 Å². The normalized spacial score (nSPS) is 16.6. The zero-order valence-electron chi connectivity index (χ0n) is 33.4. The first-order chi connectivity index (χ1) is 27.9. The Morgan fingerprint density at radius 2 is 1.53 bits per heavy atom. The highest BCUT2D eigenvalue weighted by Gasteiger charge is 2.42. The number of benzene rings is 4. The van der Waals surface area contributed by atoms with E-state index >= 15 is 0 Å². The van der Waals surface area contributed by atoms with Crippen LogP contribution in [0.2, 0.25) is 0 Å². The summed E-state index contributed by atoms with van der Waals surface area (Å²) in [5, 5.41) is 16.6. The molecule has 0 bridgehead atoms. The summed E-state index contributed by atoms with van der Waals surface area (Å²) in [7, 11) is 3.41. The molecule has 14 heteroatoms. The number of fused-ring (bicyclic) bond motifs is 4. The van der Waals surface area contributed by atoms with Crippen molar-refractivity contribution in [2.45, 2.75) is 63.8 Å². The average Bonchev–Trinajstić information content (AvgIpc) is 3.90. The number of ether oxygens (including phenoxy) is 3. The van der Waals surface area contributed by atoms with Gasteiger partial charge in [-0.15, -0.1) is 5.10 Å². The third-order valence-electron chi connectivity index (χ3n) is 10.6. The van der Waals surface area contributed by atoms with Crippen molar-refractivity contribution in [1.29, 1.82) is 0 Å². The molecule has 1 aliphatic heterocycles. The lowest BCUT2D eigenvalue weighted by Crippen LogP contribution is -2.57. The number of carbonyl (C=O) groups excluding carboxylic acids is 4. The molecule has 58 heavy (non-hydrogen) atoms. The molecule has 1 aromatic heterocycles. The Hall–Kier alpha value is -6.44. The number of amides is 4. The molecule has 4 amide bonds. The lowest BCUT2D eigenvalue weighted by atomic mass is 9.96. The number of carbonyl (C=O) groups is 4. The third-order valence-corrected chi connectivity index (χ3v) is 10.6. The van der Waals surface area contributed by atoms with Gasteiger partial charge < -0.3 is 35.1 Å². The van der Waals surface area contributed by atoms with Crippen molar-refractivity contribution in [3.05, 3.63) is 113 Å². The third kappa shape index (κ3) is 9.06. The van der Waals surface area contributed by atoms with Crippen molar-refractivity contribution < 1.29 is 33.4 Å². The van der Waals surface area contributed by atoms with E-state index in [1.807, 2.05) is 85.9 Å². The number of nitrogens with zero attached hydrogens (tertiary/aromatic N) is 4. The Morgan fingerprint density at radius 1 is 0.862 bits per heavy atom. The van der Waals surface area contributed by atoms with Crippen LogP contribution in [0.1, 0.15) is 55.4 Å². The van der Waals surface area contributed by atoms with E-state index in [-0.39, 0.29) is 44.0 Å². The lowest BCUT2D eigenvalue weighted by Gasteiger charge is -2.29. The van der Waals surface area contributed by atoms with Crippen LogP contribution in [0.25, 0.3) is 22.2 Å². The number of alkyl carbamates (subject to hydrolysis) is 2. The molecule has 14 nitrogen and oxygen atoms in total. The first-order valence-electron chi connectivity index (χ1n) is 19.4. The number of rotatable bonds is 12. The minimum absolute atomic E-state index is 0.0726. The van der Waals surface area contributed by atoms with Gasteiger partial charge in [0.1, 0.15) is 35.6 Å². The summed E-state index contributed by atoms with van der Waals surface area (Å²) in [6.45, 7) is 5.35. The van der Waals surface area contributed by atoms with E-state index in [1.54, 1.807) is 32.6 Å². The second-order valence-corrected chi connectivity index (χ2v) is 15.8. The minimum atomic E-state index is -1.27. The Labute approximate surface area is 337 Å². The fraction of sp³-hybridized carbons (Fsp3) is 0.364. The van der Waals surface area contributed by atoms with Crippen molar-refractivity contribution in [2.24, 2.45) is 13.0 Å². The van der Waals surface area contributed by atoms with Gasteiger partial charge in [-0.25, -0.2) is 14.3 Å². The number of aromatic nitrogens is 3. The van der Waals surface area contributed by atoms with Crippen molar-refractivity contribution >= 4 is 35.0 Å². The predicted molar refractivity (Wildman–Crippen MR) is 217 cm³/mol. The van der Waals surface area contributed by atoms with Crippen LogP contribution in [0.3, 0.4) is 0 Å². The monoisotopic (exact) mass is 787 g/mol. The molecule has 5 aromatic rings. The van der Waals surface area contributed by atoms with E-state index < -0.39 is 35.8 Å². The lowest BCUT2D eigenvalue weighted by molar-refractivity contribution is -0.140. The largest absolute Gasteiger partial charge is 0.497 e. The Balaban J connectivity index is 1.07. The first kappa shape index (κ1) is 39.8. The number of methoxy groups -OCH3 is 1. The van der Waals surface area contributed by atoms with Crippen LogP contribution in [0, 0.1) is 5.92 Å². The van der Waals surface area contributed by atoms with Gasteiger partial charge in [-0.3, -0.25) is 9.59 Å². The molecule has 0 radical (unpaired) electrons. The van der Waals surface area contributed by atoms with Crippen LogP contribution in [0.4, 0.5) is 9.59 Å². The molecule has 7 rings (SSSR count). The fourth-order valence-electron chi connectivity index (χ4n) is 7.85. The van der Waals surface area contributed by atoms with Gasteiger partial charge in [0, 0.05) is 26.1 Å². The van der Waals surface area contributed by atoms with Gasteiger partial charge in [0.05, 0.1) is 19.2 Å². The van der Waals surface area contributed by atoms with Crippen LogP contribution in [-0.2, 0) is 39.1 Å². The quantitative estimate of drug-likeness (QED) is 0.148. The number of hydrogen-bond donors (Lipinski definition) is 3. The van der Waals surface area contributed by atoms with Gasteiger partial charge in [-0.05, 0) is 97.2 Å². The molecule has 1 aliphatic carbocycles. The molecular formula is C44H49N7O7. The van der Waals surface area contributed by atoms with Gasteiger partial charge in [0.2, 0.25) is 11.8 Å². The molecule has 1 saturated heterocycles. The Kier molecular flexibility index (Phi) is 11.6. The average molecular weight is 788 g/mol. The van der Waals surface area contributed by atoms with Gasteiger partial charge in [0.15, 0.2) is 0 Å². The summed E-state index contributed by atoms with van der Waals surface area (Å²) in [4.78, 5) is 56.5. The molecule has 3 atom stereocenters. The summed E-state index contributed by atoms with van der Waals surface area (Å²) in [6, 6.07) is 27.3. The number of likely N-dealkylation sites (tertiary alicyclic amines) is 1. The highest BCUT2D eigenvalue weighted by Crippen LogP contribution is 2.44. The molecule has 0 spiro atoms. The molecule has 0 saturated carbocycles. The highest BCUT2D eigenvalue weighted by molar-refractivity contribution is 5.92. The second kappa shape index (κ2) is 17.0. The smallest absolute Gasteiger partial charge is 0.408 e. The first-order valence-corrected chi connectivity index (χ1v) is 19.4. The summed E-state index contributed by atoms with van der Waals surface area (Å²) in [5.74, 6) is -0.400. The van der Waals surface area contributed by atoms with Crippen LogP contribution < -0.4 is 20.7 Å². The summed E-state index contributed by atoms with van der Waals surface area (Å²) in [6.07, 6.45) is -0.608. The topological polar surface area (TPSA) is 166 Å². The Bertz CT molecular complexity index is 2260. The molecule has 0 unspecified atom stereocenters. The van der Waals surface area contributed by atoms with E-state index in [0.717, 1.165) is 44.6 Å². The molecular weight excluding hydrogens is 739 g/mol. The number of hydrogen-bond acceptors (Lipinski definition) is 9. The summed E-state index contributed by atoms with van der Waals surface area (Å²) < 4.78 is 18.3. The SMILES string of the molecule is COc1ccc(C[C@@H]2C[C@@H](C(=O)NCc3ccc4c(c3)nnn4C)N(C(=O)[C@@H](CNC(=O)OCC3c4ccccc4-c4ccccc43)NC(=O)OC(C)(C)C)C2)cc1. The molecule has 1 fully saturated rings. The minimum Gasteiger partial charge on any atom is -0.497 e. The van der Waals surface area contributed by atoms with Crippen LogP contribution in [-0.4, -0.2) is 88.4 Å². The van der Waals surface area contributed by atoms with E-state index in [2.05, 4.69) is 38.4 Å². The van der Waals surface area contributed by atoms with Gasteiger partial charge in [-0.1, -0.05) is 71.9 Å². The standard InChI is InChI=1S/C44H49N7O7/c1-44(2,3)58-43(55)47-37(24-46-42(54)57-26-35-33-12-8-6-10-31(33)32-11-7-9-13-34(32)35)41(53)51-25-29(20-27-14-17-30(56-5)18-15-27)22-39(51)40(52)45-23-28-16-19-38-36(21-28)48-49-50(38)4/h6-19,21,29,35,37,39H,20,22-26H2,1-5H3,(H,45,52)(H,46,54)(H,47,55)/t29-,37-,39+/m1/s1. The summed E-state index contributed by atoms with van der Waals surface area (Å²) >= 11 is 0. The van der Waals surface area contributed by atoms with Gasteiger partial charge >= 0.3 is 12.2 Å². The van der Waals surface area contributed by atoms with Crippen molar-refractivity contribution in [1.82, 2.24) is 35.8 Å². The van der Waals surface area contributed by atoms with Crippen LogP contribution in [0.5, 0.6) is 5.75 Å². The highest BCUT2D eigenvalue weighted by atomic mass is 16.6. The molecule has 2 heterocycles. The van der Waals surface area contributed by atoms with Gasteiger partial charge in [-0.2, -0.15) is 0 Å². The van der Waals surface area contributed by atoms with E-state index in [4.69, 9.17) is 14.2 Å². The van der Waals surface area contributed by atoms with Crippen molar-refractivity contribution in [3.8, 4) is 16.9 Å². The number of aryl methyl sites for hydroxylation is 1. The Morgan fingerprint density at radius 3 is 2.21 bits per heavy atom. The number of nitrogens with one attached hydrogen (secondary N) is 3. The maximum absolute atomic E-state index is 14.6. The zero-order valence-corrected chi connectivity index (χ0v) is 33.4. The van der Waals surface area contributed by atoms with Gasteiger partial charge in [0.25, 0.3) is 0 Å². The van der Waals surface area contributed by atoms with Crippen LogP contribution >= 0.6 is 0 Å². The fourth-order valence-corrected chi connectivity index (χ4v) is 7.85. The van der Waals surface area contributed by atoms with E-state index in [1.165, 1.54) is 4.90 Å². The second-order valence-electron chi connectivity index (χ2n) is 15.8. The van der Waals surface area contributed by atoms with Crippen molar-refractivity contribution in [2.75, 3.05) is 26.8 Å². The summed E-state index contributed by atoms with van der Waals surface area (Å²) in [5.41, 5.74) is 6.87. The van der Waals surface area contributed by atoms with E-state index in [0.29, 0.717) is 18.4 Å². The van der Waals surface area contributed by atoms with Crippen LogP contribution in [0.15, 0.2) is 91.0 Å². The van der Waals surface area contributed by atoms with E-state index in [9.17, 15) is 19.2 Å². The maximum Gasteiger partial charge on any atom is 0.408 e. The predicted octanol–water partition coefficient (Wildman–Crippen LogP) is 5.48. The molecule has 4 aromatic carbocycles.